The number of ketones is 1. The number of rotatable bonds is 4. The molecule has 2 aromatic carbocycles. The van der Waals surface area contributed by atoms with E-state index in [1.54, 1.807) is 6.20 Å². The zero-order chi connectivity index (χ0) is 15.4. The fourth-order valence-electron chi connectivity index (χ4n) is 2.37. The average molecular weight is 288 g/mol. The SMILES string of the molecule is C/C(=C\c1ccccc1)c1cn[nH]c1C(=O)c1ccccc1. The van der Waals surface area contributed by atoms with Crippen LogP contribution in [0.3, 0.4) is 0 Å². The summed E-state index contributed by atoms with van der Waals surface area (Å²) >= 11 is 0. The van der Waals surface area contributed by atoms with Crippen molar-refractivity contribution in [3.05, 3.63) is 89.2 Å². The van der Waals surface area contributed by atoms with Gasteiger partial charge in [0.1, 0.15) is 5.69 Å². The number of nitrogens with one attached hydrogen (secondary N) is 1. The third-order valence-corrected chi connectivity index (χ3v) is 3.51. The van der Waals surface area contributed by atoms with Gasteiger partial charge in [-0.15, -0.1) is 0 Å². The van der Waals surface area contributed by atoms with Crippen LogP contribution in [-0.2, 0) is 0 Å². The molecule has 1 heterocycles. The van der Waals surface area contributed by atoms with Gasteiger partial charge in [0, 0.05) is 11.1 Å². The lowest BCUT2D eigenvalue weighted by atomic mass is 10.00. The van der Waals surface area contributed by atoms with E-state index in [4.69, 9.17) is 0 Å². The number of carbonyl (C=O) groups excluding carboxylic acids is 1. The predicted molar refractivity (Wildman–Crippen MR) is 88.4 cm³/mol. The van der Waals surface area contributed by atoms with E-state index in [2.05, 4.69) is 10.2 Å². The summed E-state index contributed by atoms with van der Waals surface area (Å²) in [6, 6.07) is 19.2. The lowest BCUT2D eigenvalue weighted by molar-refractivity contribution is 0.103. The third kappa shape index (κ3) is 2.88. The van der Waals surface area contributed by atoms with Gasteiger partial charge in [-0.25, -0.2) is 0 Å². The van der Waals surface area contributed by atoms with Gasteiger partial charge in [-0.2, -0.15) is 5.10 Å². The van der Waals surface area contributed by atoms with Crippen LogP contribution in [0.15, 0.2) is 66.9 Å². The summed E-state index contributed by atoms with van der Waals surface area (Å²) in [6.45, 7) is 1.99. The van der Waals surface area contributed by atoms with Crippen molar-refractivity contribution in [2.45, 2.75) is 6.92 Å². The molecular formula is C19H16N2O. The van der Waals surface area contributed by atoms with Gasteiger partial charge in [-0.05, 0) is 18.1 Å². The molecule has 0 aliphatic carbocycles. The maximum Gasteiger partial charge on any atom is 0.211 e. The molecule has 0 fully saturated rings. The first-order valence-corrected chi connectivity index (χ1v) is 7.12. The molecule has 0 unspecified atom stereocenters. The van der Waals surface area contributed by atoms with Gasteiger partial charge >= 0.3 is 0 Å². The van der Waals surface area contributed by atoms with Gasteiger partial charge in [0.05, 0.1) is 6.20 Å². The van der Waals surface area contributed by atoms with E-state index < -0.39 is 0 Å². The van der Waals surface area contributed by atoms with Crippen LogP contribution in [0.5, 0.6) is 0 Å². The molecule has 0 amide bonds. The second-order valence-corrected chi connectivity index (χ2v) is 5.09. The maximum atomic E-state index is 12.6. The van der Waals surface area contributed by atoms with E-state index in [1.165, 1.54) is 0 Å². The highest BCUT2D eigenvalue weighted by atomic mass is 16.1. The van der Waals surface area contributed by atoms with Crippen LogP contribution in [0.4, 0.5) is 0 Å². The molecule has 108 valence electrons. The van der Waals surface area contributed by atoms with E-state index in [0.717, 1.165) is 16.7 Å². The van der Waals surface area contributed by atoms with Crippen molar-refractivity contribution in [1.82, 2.24) is 10.2 Å². The Morgan fingerprint density at radius 1 is 1.00 bits per heavy atom. The predicted octanol–water partition coefficient (Wildman–Crippen LogP) is 4.20. The Kier molecular flexibility index (Phi) is 3.97. The van der Waals surface area contributed by atoms with E-state index in [1.807, 2.05) is 73.7 Å². The zero-order valence-electron chi connectivity index (χ0n) is 12.3. The van der Waals surface area contributed by atoms with Gasteiger partial charge in [0.15, 0.2) is 0 Å². The zero-order valence-corrected chi connectivity index (χ0v) is 12.3. The molecular weight excluding hydrogens is 272 g/mol. The normalized spacial score (nSPS) is 11.4. The minimum Gasteiger partial charge on any atom is -0.287 e. The third-order valence-electron chi connectivity index (χ3n) is 3.51. The van der Waals surface area contributed by atoms with E-state index in [0.29, 0.717) is 11.3 Å². The molecule has 0 atom stereocenters. The highest BCUT2D eigenvalue weighted by molar-refractivity contribution is 6.10. The number of hydrogen-bond acceptors (Lipinski definition) is 2. The summed E-state index contributed by atoms with van der Waals surface area (Å²) in [6.07, 6.45) is 3.75. The van der Waals surface area contributed by atoms with Gasteiger partial charge in [-0.3, -0.25) is 9.89 Å². The first kappa shape index (κ1) is 14.0. The van der Waals surface area contributed by atoms with E-state index in [-0.39, 0.29) is 5.78 Å². The molecule has 1 aromatic heterocycles. The lowest BCUT2D eigenvalue weighted by Crippen LogP contribution is -2.04. The molecule has 3 rings (SSSR count). The molecule has 3 nitrogen and oxygen atoms in total. The summed E-state index contributed by atoms with van der Waals surface area (Å²) < 4.78 is 0. The summed E-state index contributed by atoms with van der Waals surface area (Å²) in [5.41, 5.74) is 4.10. The molecule has 0 spiro atoms. The Morgan fingerprint density at radius 2 is 1.64 bits per heavy atom. The lowest BCUT2D eigenvalue weighted by Gasteiger charge is -2.04. The molecule has 0 saturated heterocycles. The van der Waals surface area contributed by atoms with Crippen molar-refractivity contribution in [3.63, 3.8) is 0 Å². The van der Waals surface area contributed by atoms with Crippen LogP contribution < -0.4 is 0 Å². The first-order chi connectivity index (χ1) is 10.8. The van der Waals surface area contributed by atoms with Gasteiger partial charge in [0.25, 0.3) is 0 Å². The Balaban J connectivity index is 1.96. The average Bonchev–Trinajstić information content (AvgIpc) is 3.05. The number of aromatic nitrogens is 2. The van der Waals surface area contributed by atoms with Gasteiger partial charge < -0.3 is 0 Å². The Morgan fingerprint density at radius 3 is 2.32 bits per heavy atom. The minimum absolute atomic E-state index is 0.0473. The second-order valence-electron chi connectivity index (χ2n) is 5.09. The van der Waals surface area contributed by atoms with Gasteiger partial charge in [-0.1, -0.05) is 66.7 Å². The fraction of sp³-hybridized carbons (Fsp3) is 0.0526. The highest BCUT2D eigenvalue weighted by Crippen LogP contribution is 2.22. The topological polar surface area (TPSA) is 45.8 Å². The molecule has 1 N–H and O–H groups in total. The van der Waals surface area contributed by atoms with Crippen molar-refractivity contribution in [3.8, 4) is 0 Å². The largest absolute Gasteiger partial charge is 0.287 e. The Hall–Kier alpha value is -2.94. The van der Waals surface area contributed by atoms with Crippen LogP contribution in [0.2, 0.25) is 0 Å². The van der Waals surface area contributed by atoms with Crippen LogP contribution in [0.1, 0.15) is 34.1 Å². The summed E-state index contributed by atoms with van der Waals surface area (Å²) in [5.74, 6) is -0.0473. The first-order valence-electron chi connectivity index (χ1n) is 7.12. The minimum atomic E-state index is -0.0473. The van der Waals surface area contributed by atoms with Crippen LogP contribution in [0.25, 0.3) is 11.6 Å². The molecule has 0 aliphatic heterocycles. The van der Waals surface area contributed by atoms with Crippen LogP contribution >= 0.6 is 0 Å². The fourth-order valence-corrected chi connectivity index (χ4v) is 2.37. The number of aromatic amines is 1. The van der Waals surface area contributed by atoms with Crippen molar-refractivity contribution in [2.75, 3.05) is 0 Å². The highest BCUT2D eigenvalue weighted by Gasteiger charge is 2.16. The quantitative estimate of drug-likeness (QED) is 0.731. The summed E-state index contributed by atoms with van der Waals surface area (Å²) in [5, 5.41) is 6.88. The maximum absolute atomic E-state index is 12.6. The molecule has 3 heteroatoms. The molecule has 22 heavy (non-hydrogen) atoms. The van der Waals surface area contributed by atoms with Crippen LogP contribution in [0, 0.1) is 0 Å². The van der Waals surface area contributed by atoms with Crippen molar-refractivity contribution >= 4 is 17.4 Å². The summed E-state index contributed by atoms with van der Waals surface area (Å²) in [4.78, 5) is 12.6. The monoisotopic (exact) mass is 288 g/mol. The smallest absolute Gasteiger partial charge is 0.211 e. The van der Waals surface area contributed by atoms with E-state index >= 15 is 0 Å². The van der Waals surface area contributed by atoms with Crippen molar-refractivity contribution in [1.29, 1.82) is 0 Å². The van der Waals surface area contributed by atoms with Crippen molar-refractivity contribution < 1.29 is 4.79 Å². The molecule has 0 radical (unpaired) electrons. The number of carbonyl (C=O) groups is 1. The standard InChI is InChI=1S/C19H16N2O/c1-14(12-15-8-4-2-5-9-15)17-13-20-21-18(17)19(22)16-10-6-3-7-11-16/h2-13H,1H3,(H,20,21)/b14-12+. The summed E-state index contributed by atoms with van der Waals surface area (Å²) in [7, 11) is 0. The molecule has 3 aromatic rings. The van der Waals surface area contributed by atoms with Crippen molar-refractivity contribution in [2.24, 2.45) is 0 Å². The Labute approximate surface area is 129 Å². The second kappa shape index (κ2) is 6.22. The number of benzene rings is 2. The number of hydrogen-bond donors (Lipinski definition) is 1. The number of H-pyrrole nitrogens is 1. The number of nitrogens with zero attached hydrogens (tertiary/aromatic N) is 1. The molecule has 0 aliphatic rings. The van der Waals surface area contributed by atoms with Crippen LogP contribution in [-0.4, -0.2) is 16.0 Å². The molecule has 0 saturated carbocycles. The Bertz CT molecular complexity index is 802. The molecule has 0 bridgehead atoms. The van der Waals surface area contributed by atoms with E-state index in [9.17, 15) is 4.79 Å². The number of allylic oxidation sites excluding steroid dienone is 1. The van der Waals surface area contributed by atoms with Gasteiger partial charge in [0.2, 0.25) is 5.78 Å².